The van der Waals surface area contributed by atoms with Crippen molar-refractivity contribution in [2.45, 2.75) is 19.3 Å². The Balaban J connectivity index is 2.31. The summed E-state index contributed by atoms with van der Waals surface area (Å²) in [5.74, 6) is 0.237. The van der Waals surface area contributed by atoms with Gasteiger partial charge in [-0.1, -0.05) is 31.2 Å². The molecule has 0 heterocycles. The molecule has 0 aliphatic carbocycles. The van der Waals surface area contributed by atoms with Gasteiger partial charge in [-0.2, -0.15) is 0 Å². The zero-order valence-corrected chi connectivity index (χ0v) is 10.6. The van der Waals surface area contributed by atoms with Crippen LogP contribution in [0, 0.1) is 9.81 Å². The molecule has 2 rings (SSSR count). The van der Waals surface area contributed by atoms with E-state index in [1.165, 1.54) is 0 Å². The molecule has 96 valence electrons. The van der Waals surface area contributed by atoms with Gasteiger partial charge in [0.2, 0.25) is 0 Å². The van der Waals surface area contributed by atoms with E-state index in [1.807, 2.05) is 24.3 Å². The zero-order valence-electron chi connectivity index (χ0n) is 10.6. The van der Waals surface area contributed by atoms with Crippen LogP contribution in [0.3, 0.4) is 0 Å². The number of nitroso groups, excluding NO2 is 2. The van der Waals surface area contributed by atoms with E-state index in [-0.39, 0.29) is 5.92 Å². The minimum absolute atomic E-state index is 0.237. The predicted molar refractivity (Wildman–Crippen MR) is 75.9 cm³/mol. The summed E-state index contributed by atoms with van der Waals surface area (Å²) in [6, 6.07) is 14.5. The Morgan fingerprint density at radius 2 is 1.16 bits per heavy atom. The second kappa shape index (κ2) is 6.00. The first-order chi connectivity index (χ1) is 9.28. The lowest BCUT2D eigenvalue weighted by Gasteiger charge is -2.16. The van der Waals surface area contributed by atoms with E-state index in [0.717, 1.165) is 17.5 Å². The first-order valence-corrected chi connectivity index (χ1v) is 6.15. The van der Waals surface area contributed by atoms with E-state index in [1.54, 1.807) is 24.3 Å². The summed E-state index contributed by atoms with van der Waals surface area (Å²) in [6.45, 7) is 2.10. The van der Waals surface area contributed by atoms with Gasteiger partial charge in [0.25, 0.3) is 0 Å². The normalized spacial score (nSPS) is 10.4. The van der Waals surface area contributed by atoms with Crippen LogP contribution in [-0.4, -0.2) is 0 Å². The molecule has 19 heavy (non-hydrogen) atoms. The third-order valence-electron chi connectivity index (χ3n) is 3.21. The molecule has 0 unspecified atom stereocenters. The van der Waals surface area contributed by atoms with Crippen LogP contribution in [0.4, 0.5) is 11.4 Å². The van der Waals surface area contributed by atoms with Gasteiger partial charge in [0, 0.05) is 5.92 Å². The monoisotopic (exact) mass is 254 g/mol. The van der Waals surface area contributed by atoms with Crippen LogP contribution in [0.2, 0.25) is 0 Å². The van der Waals surface area contributed by atoms with Gasteiger partial charge in [-0.3, -0.25) is 0 Å². The van der Waals surface area contributed by atoms with Crippen molar-refractivity contribution >= 4 is 11.4 Å². The lowest BCUT2D eigenvalue weighted by Crippen LogP contribution is -1.98. The molecule has 0 aliphatic heterocycles. The van der Waals surface area contributed by atoms with Crippen molar-refractivity contribution in [3.05, 3.63) is 69.5 Å². The summed E-state index contributed by atoms with van der Waals surface area (Å²) in [4.78, 5) is 20.8. The lowest BCUT2D eigenvalue weighted by atomic mass is 9.89. The van der Waals surface area contributed by atoms with Crippen molar-refractivity contribution in [2.24, 2.45) is 10.4 Å². The van der Waals surface area contributed by atoms with E-state index in [2.05, 4.69) is 17.3 Å². The highest BCUT2D eigenvalue weighted by Gasteiger charge is 2.12. The maximum absolute atomic E-state index is 10.4. The van der Waals surface area contributed by atoms with Gasteiger partial charge in [-0.15, -0.1) is 9.81 Å². The van der Waals surface area contributed by atoms with Crippen LogP contribution >= 0.6 is 0 Å². The molecule has 0 amide bonds. The van der Waals surface area contributed by atoms with E-state index in [4.69, 9.17) is 0 Å². The topological polar surface area (TPSA) is 58.9 Å². The van der Waals surface area contributed by atoms with Crippen molar-refractivity contribution in [2.75, 3.05) is 0 Å². The van der Waals surface area contributed by atoms with Crippen LogP contribution in [-0.2, 0) is 0 Å². The molecule has 0 aliphatic rings. The SMILES string of the molecule is CCC(c1ccc(N=O)cc1)c1ccc(N=O)cc1. The molecule has 0 N–H and O–H groups in total. The van der Waals surface area contributed by atoms with Crippen molar-refractivity contribution in [1.29, 1.82) is 0 Å². The molecule has 0 saturated heterocycles. The van der Waals surface area contributed by atoms with Crippen LogP contribution in [0.25, 0.3) is 0 Å². The fourth-order valence-electron chi connectivity index (χ4n) is 2.20. The molecule has 0 radical (unpaired) electrons. The van der Waals surface area contributed by atoms with Gasteiger partial charge in [-0.05, 0) is 52.2 Å². The molecule has 0 fully saturated rings. The van der Waals surface area contributed by atoms with Crippen molar-refractivity contribution in [1.82, 2.24) is 0 Å². The maximum atomic E-state index is 10.4. The summed E-state index contributed by atoms with van der Waals surface area (Å²) in [5.41, 5.74) is 3.11. The van der Waals surface area contributed by atoms with E-state index in [0.29, 0.717) is 11.4 Å². The largest absolute Gasteiger partial charge is 0.145 e. The number of benzene rings is 2. The number of hydrogen-bond acceptors (Lipinski definition) is 4. The molecule has 0 spiro atoms. The smallest absolute Gasteiger partial charge is 0.108 e. The predicted octanol–water partition coefficient (Wildman–Crippen LogP) is 5.02. The summed E-state index contributed by atoms with van der Waals surface area (Å²) in [7, 11) is 0. The van der Waals surface area contributed by atoms with Crippen molar-refractivity contribution in [3.8, 4) is 0 Å². The van der Waals surface area contributed by atoms with Gasteiger partial charge < -0.3 is 0 Å². The standard InChI is InChI=1S/C15H14N2O2/c1-2-15(11-3-7-13(16-18)8-4-11)12-5-9-14(17-19)10-6-12/h3-10,15H,2H2,1H3. The van der Waals surface area contributed by atoms with Crippen LogP contribution in [0.5, 0.6) is 0 Å². The minimum atomic E-state index is 0.237. The Morgan fingerprint density at radius 3 is 1.42 bits per heavy atom. The van der Waals surface area contributed by atoms with Crippen LogP contribution < -0.4 is 0 Å². The maximum Gasteiger partial charge on any atom is 0.108 e. The van der Waals surface area contributed by atoms with Gasteiger partial charge >= 0.3 is 0 Å². The van der Waals surface area contributed by atoms with E-state index >= 15 is 0 Å². The average molecular weight is 254 g/mol. The average Bonchev–Trinajstić information content (AvgIpc) is 2.49. The number of hydrogen-bond donors (Lipinski definition) is 0. The second-order valence-corrected chi connectivity index (χ2v) is 4.33. The minimum Gasteiger partial charge on any atom is -0.145 e. The molecule has 2 aromatic rings. The highest BCUT2D eigenvalue weighted by atomic mass is 16.3. The quantitative estimate of drug-likeness (QED) is 0.703. The molecular weight excluding hydrogens is 240 g/mol. The molecule has 0 saturated carbocycles. The summed E-state index contributed by atoms with van der Waals surface area (Å²) in [5, 5.41) is 5.79. The fraction of sp³-hybridized carbons (Fsp3) is 0.200. The summed E-state index contributed by atoms with van der Waals surface area (Å²) in [6.07, 6.45) is 0.932. The van der Waals surface area contributed by atoms with E-state index in [9.17, 15) is 9.81 Å². The fourth-order valence-corrected chi connectivity index (χ4v) is 2.20. The van der Waals surface area contributed by atoms with Gasteiger partial charge in [0.1, 0.15) is 11.4 Å². The molecule has 4 heteroatoms. The van der Waals surface area contributed by atoms with Crippen LogP contribution in [0.15, 0.2) is 58.9 Å². The summed E-state index contributed by atoms with van der Waals surface area (Å²) < 4.78 is 0. The third-order valence-corrected chi connectivity index (χ3v) is 3.21. The molecule has 2 aromatic carbocycles. The number of rotatable bonds is 5. The van der Waals surface area contributed by atoms with E-state index < -0.39 is 0 Å². The molecular formula is C15H14N2O2. The first kappa shape index (κ1) is 13.1. The zero-order chi connectivity index (χ0) is 13.7. The molecule has 4 nitrogen and oxygen atoms in total. The molecule has 0 atom stereocenters. The van der Waals surface area contributed by atoms with Gasteiger partial charge in [0.15, 0.2) is 0 Å². The Kier molecular flexibility index (Phi) is 4.13. The Morgan fingerprint density at radius 1 is 0.789 bits per heavy atom. The third kappa shape index (κ3) is 2.91. The highest BCUT2D eigenvalue weighted by Crippen LogP contribution is 2.30. The first-order valence-electron chi connectivity index (χ1n) is 6.15. The van der Waals surface area contributed by atoms with Crippen molar-refractivity contribution in [3.63, 3.8) is 0 Å². The number of nitrogens with zero attached hydrogens (tertiary/aromatic N) is 2. The highest BCUT2D eigenvalue weighted by molar-refractivity contribution is 5.44. The Labute approximate surface area is 111 Å². The molecule has 0 bridgehead atoms. The molecule has 0 aromatic heterocycles. The Hall–Kier alpha value is -2.36. The second-order valence-electron chi connectivity index (χ2n) is 4.33. The lowest BCUT2D eigenvalue weighted by molar-refractivity contribution is 0.777. The van der Waals surface area contributed by atoms with Crippen molar-refractivity contribution < 1.29 is 0 Å². The van der Waals surface area contributed by atoms with Gasteiger partial charge in [-0.25, -0.2) is 0 Å². The van der Waals surface area contributed by atoms with Crippen LogP contribution in [0.1, 0.15) is 30.4 Å². The van der Waals surface area contributed by atoms with Gasteiger partial charge in [0.05, 0.1) is 0 Å². The Bertz CT molecular complexity index is 510. The summed E-state index contributed by atoms with van der Waals surface area (Å²) >= 11 is 0.